The van der Waals surface area contributed by atoms with Gasteiger partial charge in [0.05, 0.1) is 0 Å². The molecule has 200 valence electrons. The molecule has 3 N–H and O–H groups in total. The van der Waals surface area contributed by atoms with E-state index in [2.05, 4.69) is 19.7 Å². The van der Waals surface area contributed by atoms with Crippen molar-refractivity contribution in [3.05, 3.63) is 36.5 Å². The molecule has 0 spiro atoms. The maximum atomic E-state index is 13.4. The van der Waals surface area contributed by atoms with E-state index in [-0.39, 0.29) is 55.8 Å². The molecule has 0 aliphatic rings. The Morgan fingerprint density at radius 2 is 0.857 bits per heavy atom. The minimum absolute atomic E-state index is 0.148. The normalized spacial score (nSPS) is 15.1. The predicted octanol–water partition coefficient (Wildman–Crippen LogP) is 3.62. The number of hydrogen-bond acceptors (Lipinski definition) is 10. The highest BCUT2D eigenvalue weighted by atomic mass is 31.2. The van der Waals surface area contributed by atoms with Gasteiger partial charge in [-0.15, -0.1) is 0 Å². The molecule has 3 atom stereocenters. The molecule has 0 aliphatic heterocycles. The lowest BCUT2D eigenvalue weighted by molar-refractivity contribution is -0.140. The monoisotopic (exact) mass is 518 g/mol. The first-order chi connectivity index (χ1) is 16.4. The molecule has 11 heteroatoms. The molecule has 0 aromatic heterocycles. The summed E-state index contributed by atoms with van der Waals surface area (Å²) in [6.45, 7) is 15.3. The summed E-state index contributed by atoms with van der Waals surface area (Å²) in [5, 5.41) is 27.6. The highest BCUT2D eigenvalue weighted by Crippen LogP contribution is 2.52. The maximum Gasteiger partial charge on any atom is 0.654 e. The number of carbonyl (C=O) groups is 3. The minimum atomic E-state index is -5.18. The number of carbonyl (C=O) groups excluding carboxylic acids is 3. The second kappa shape index (κ2) is 16.4. The van der Waals surface area contributed by atoms with E-state index in [1.807, 2.05) is 0 Å². The van der Waals surface area contributed by atoms with Gasteiger partial charge in [0.1, 0.15) is 0 Å². The van der Waals surface area contributed by atoms with Gasteiger partial charge < -0.3 is 28.9 Å². The van der Waals surface area contributed by atoms with Gasteiger partial charge >= 0.3 is 25.7 Å². The van der Waals surface area contributed by atoms with Gasteiger partial charge in [-0.05, 0) is 56.3 Å². The lowest BCUT2D eigenvalue weighted by atomic mass is 9.95. The summed E-state index contributed by atoms with van der Waals surface area (Å²) >= 11 is 0. The van der Waals surface area contributed by atoms with E-state index in [4.69, 9.17) is 13.6 Å². The molecule has 0 amide bonds. The average Bonchev–Trinajstić information content (AvgIpc) is 2.82. The van der Waals surface area contributed by atoms with Crippen LogP contribution in [0.2, 0.25) is 0 Å². The van der Waals surface area contributed by atoms with Crippen molar-refractivity contribution in [3.8, 4) is 0 Å². The highest BCUT2D eigenvalue weighted by molar-refractivity contribution is 7.50. The van der Waals surface area contributed by atoms with Gasteiger partial charge in [-0.3, -0.25) is 0 Å². The zero-order valence-corrected chi connectivity index (χ0v) is 21.8. The smallest absolute Gasteiger partial charge is 0.396 e. The standard InChI is InChI=1S/C24H39O10P/c1-7-19(10-13-25)16(4)22(28)32-35(31,33-23(29)17(5)20(8-2)11-14-26)34-24(30)18(6)21(9-3)12-15-27/h19-21,25-27H,4-15H2,1-3H3. The fourth-order valence-electron chi connectivity index (χ4n) is 3.38. The van der Waals surface area contributed by atoms with Gasteiger partial charge in [0.15, 0.2) is 0 Å². The number of hydrogen-bond donors (Lipinski definition) is 3. The molecular weight excluding hydrogens is 479 g/mol. The molecule has 0 saturated carbocycles. The summed E-state index contributed by atoms with van der Waals surface area (Å²) in [5.74, 6) is -5.22. The SMILES string of the molecule is C=C(C(=O)OP(=O)(OC(=O)C(=C)C(CC)CCO)OC(=O)C(=C)C(CC)CCO)C(CC)CCO. The van der Waals surface area contributed by atoms with Gasteiger partial charge in [0.25, 0.3) is 0 Å². The predicted molar refractivity (Wildman–Crippen MR) is 130 cm³/mol. The van der Waals surface area contributed by atoms with Crippen LogP contribution >= 0.6 is 7.82 Å². The van der Waals surface area contributed by atoms with Crippen molar-refractivity contribution in [1.82, 2.24) is 0 Å². The maximum absolute atomic E-state index is 13.4. The van der Waals surface area contributed by atoms with E-state index in [1.165, 1.54) is 0 Å². The van der Waals surface area contributed by atoms with Crippen LogP contribution in [0.15, 0.2) is 36.5 Å². The summed E-state index contributed by atoms with van der Waals surface area (Å²) in [4.78, 5) is 38.0. The Hall–Kier alpha value is -2.26. The minimum Gasteiger partial charge on any atom is -0.396 e. The third kappa shape index (κ3) is 10.5. The van der Waals surface area contributed by atoms with E-state index in [0.717, 1.165) is 0 Å². The van der Waals surface area contributed by atoms with E-state index in [1.54, 1.807) is 20.8 Å². The van der Waals surface area contributed by atoms with Crippen LogP contribution < -0.4 is 0 Å². The quantitative estimate of drug-likeness (QED) is 0.181. The Labute approximate surface area is 207 Å². The largest absolute Gasteiger partial charge is 0.654 e. The fraction of sp³-hybridized carbons (Fsp3) is 0.625. The van der Waals surface area contributed by atoms with Gasteiger partial charge in [0, 0.05) is 36.5 Å². The van der Waals surface area contributed by atoms with Gasteiger partial charge in [-0.2, -0.15) is 4.57 Å². The Balaban J connectivity index is 5.96. The Bertz CT molecular complexity index is 715. The summed E-state index contributed by atoms with van der Waals surface area (Å²) in [7, 11) is -5.18. The van der Waals surface area contributed by atoms with E-state index >= 15 is 0 Å². The second-order valence-corrected chi connectivity index (χ2v) is 9.45. The first-order valence-electron chi connectivity index (χ1n) is 11.7. The van der Waals surface area contributed by atoms with Crippen molar-refractivity contribution >= 4 is 25.7 Å². The lowest BCUT2D eigenvalue weighted by Gasteiger charge is -2.22. The van der Waals surface area contributed by atoms with Crippen molar-refractivity contribution in [2.24, 2.45) is 17.8 Å². The average molecular weight is 519 g/mol. The molecule has 35 heavy (non-hydrogen) atoms. The van der Waals surface area contributed by atoms with Crippen molar-refractivity contribution in [1.29, 1.82) is 0 Å². The van der Waals surface area contributed by atoms with Crippen LogP contribution in [-0.2, 0) is 32.5 Å². The van der Waals surface area contributed by atoms with Crippen LogP contribution in [0.3, 0.4) is 0 Å². The summed E-state index contributed by atoms with van der Waals surface area (Å²) in [5.41, 5.74) is -0.445. The molecule has 0 fully saturated rings. The Morgan fingerprint density at radius 3 is 1.03 bits per heavy atom. The third-order valence-corrected chi connectivity index (χ3v) is 6.93. The van der Waals surface area contributed by atoms with Crippen LogP contribution in [0.25, 0.3) is 0 Å². The van der Waals surface area contributed by atoms with Crippen molar-refractivity contribution in [3.63, 3.8) is 0 Å². The van der Waals surface area contributed by atoms with Crippen molar-refractivity contribution < 1.29 is 47.8 Å². The molecular formula is C24H39O10P. The number of aliphatic hydroxyl groups excluding tert-OH is 3. The van der Waals surface area contributed by atoms with Crippen LogP contribution in [0.4, 0.5) is 0 Å². The van der Waals surface area contributed by atoms with Crippen LogP contribution in [0.1, 0.15) is 59.3 Å². The van der Waals surface area contributed by atoms with E-state index < -0.39 is 43.5 Å². The molecule has 0 radical (unpaired) electrons. The first kappa shape index (κ1) is 32.7. The molecule has 0 saturated heterocycles. The Morgan fingerprint density at radius 1 is 0.629 bits per heavy atom. The molecule has 0 bridgehead atoms. The summed E-state index contributed by atoms with van der Waals surface area (Å²) in [6.07, 6.45) is 1.77. The van der Waals surface area contributed by atoms with Gasteiger partial charge in [-0.25, -0.2) is 14.4 Å². The molecule has 0 aromatic carbocycles. The Kier molecular flexibility index (Phi) is 15.4. The number of phosphoric acid groups is 1. The molecule has 0 heterocycles. The molecule has 0 aromatic rings. The summed E-state index contributed by atoms with van der Waals surface area (Å²) in [6, 6.07) is 0. The fourth-order valence-corrected chi connectivity index (χ4v) is 4.45. The molecule has 10 nitrogen and oxygen atoms in total. The third-order valence-electron chi connectivity index (χ3n) is 5.76. The lowest BCUT2D eigenvalue weighted by Crippen LogP contribution is -2.22. The number of aliphatic hydroxyl groups is 3. The zero-order valence-electron chi connectivity index (χ0n) is 20.9. The van der Waals surface area contributed by atoms with Gasteiger partial charge in [0.2, 0.25) is 0 Å². The molecule has 0 rings (SSSR count). The van der Waals surface area contributed by atoms with Crippen LogP contribution in [0, 0.1) is 17.8 Å². The topological polar surface area (TPSA) is 157 Å². The highest BCUT2D eigenvalue weighted by Gasteiger charge is 2.42. The van der Waals surface area contributed by atoms with Crippen molar-refractivity contribution in [2.45, 2.75) is 59.3 Å². The molecule has 3 unspecified atom stereocenters. The summed E-state index contributed by atoms with van der Waals surface area (Å²) < 4.78 is 28.0. The van der Waals surface area contributed by atoms with Crippen molar-refractivity contribution in [2.75, 3.05) is 19.8 Å². The molecule has 0 aliphatic carbocycles. The van der Waals surface area contributed by atoms with E-state index in [0.29, 0.717) is 19.3 Å². The van der Waals surface area contributed by atoms with Crippen LogP contribution in [0.5, 0.6) is 0 Å². The number of phosphoric ester groups is 1. The zero-order chi connectivity index (χ0) is 27.2. The van der Waals surface area contributed by atoms with E-state index in [9.17, 15) is 34.3 Å². The second-order valence-electron chi connectivity index (χ2n) is 8.01. The van der Waals surface area contributed by atoms with Crippen LogP contribution in [-0.4, -0.2) is 53.0 Å². The first-order valence-corrected chi connectivity index (χ1v) is 13.1. The van der Waals surface area contributed by atoms with Gasteiger partial charge in [-0.1, -0.05) is 40.5 Å². The number of rotatable bonds is 18.